The molecule has 1 aromatic carbocycles. The van der Waals surface area contributed by atoms with E-state index in [2.05, 4.69) is 24.9 Å². The van der Waals surface area contributed by atoms with E-state index in [1.165, 1.54) is 30.9 Å². The van der Waals surface area contributed by atoms with Crippen LogP contribution in [0, 0.1) is 0 Å². The van der Waals surface area contributed by atoms with Gasteiger partial charge in [0.05, 0.1) is 0 Å². The number of nitrogens with zero attached hydrogens (tertiary/aromatic N) is 1. The summed E-state index contributed by atoms with van der Waals surface area (Å²) < 4.78 is 0. The minimum atomic E-state index is -0.915. The Hall–Kier alpha value is -1.61. The molecule has 0 spiro atoms. The third-order valence-corrected chi connectivity index (χ3v) is 2.97. The molecule has 0 saturated carbocycles. The minimum Gasteiger partial charge on any atom is -0.478 e. The minimum absolute atomic E-state index is 0.901. The van der Waals surface area contributed by atoms with Gasteiger partial charge in [-0.3, -0.25) is 0 Å². The largest absolute Gasteiger partial charge is 0.478 e. The Balaban J connectivity index is 2.54. The average Bonchev–Trinajstić information content (AvgIpc) is 2.37. The van der Waals surface area contributed by atoms with Gasteiger partial charge in [0.15, 0.2) is 0 Å². The van der Waals surface area contributed by atoms with E-state index in [0.29, 0.717) is 0 Å². The smallest absolute Gasteiger partial charge is 0.328 e. The molecule has 0 amide bonds. The normalized spacial score (nSPS) is 11.3. The summed E-state index contributed by atoms with van der Waals surface area (Å²) in [7, 11) is 2.12. The Kier molecular flexibility index (Phi) is 6.90. The standard InChI is InChI=1S/C16H23NO2/c1-3-4-5-11-17(2)13-15-8-6-7-14(12-15)9-10-16(18)19/h6-10,12H,3-5,11,13H2,1-2H3,(H,18,19). The first-order chi connectivity index (χ1) is 9.11. The van der Waals surface area contributed by atoms with Crippen molar-refractivity contribution in [3.63, 3.8) is 0 Å². The van der Waals surface area contributed by atoms with Gasteiger partial charge in [0.25, 0.3) is 0 Å². The van der Waals surface area contributed by atoms with E-state index in [1.807, 2.05) is 18.2 Å². The number of unbranched alkanes of at least 4 members (excludes halogenated alkanes) is 2. The van der Waals surface area contributed by atoms with Crippen LogP contribution in [0.15, 0.2) is 30.3 Å². The van der Waals surface area contributed by atoms with Gasteiger partial charge in [-0.1, -0.05) is 44.0 Å². The van der Waals surface area contributed by atoms with Crippen molar-refractivity contribution in [3.8, 4) is 0 Å². The highest BCUT2D eigenvalue weighted by Crippen LogP contribution is 2.10. The molecule has 0 aliphatic rings. The van der Waals surface area contributed by atoms with E-state index < -0.39 is 5.97 Å². The molecule has 0 heterocycles. The van der Waals surface area contributed by atoms with E-state index in [9.17, 15) is 4.79 Å². The molecule has 104 valence electrons. The summed E-state index contributed by atoms with van der Waals surface area (Å²) >= 11 is 0. The fourth-order valence-corrected chi connectivity index (χ4v) is 1.99. The number of aliphatic carboxylic acids is 1. The highest BCUT2D eigenvalue weighted by molar-refractivity contribution is 5.85. The van der Waals surface area contributed by atoms with Crippen molar-refractivity contribution in [2.24, 2.45) is 0 Å². The summed E-state index contributed by atoms with van der Waals surface area (Å²) in [6, 6.07) is 8.00. The zero-order valence-corrected chi connectivity index (χ0v) is 11.8. The van der Waals surface area contributed by atoms with Crippen LogP contribution in [-0.4, -0.2) is 29.6 Å². The van der Waals surface area contributed by atoms with Crippen LogP contribution >= 0.6 is 0 Å². The van der Waals surface area contributed by atoms with Crippen LogP contribution in [0.25, 0.3) is 6.08 Å². The number of carboxylic acid groups (broad SMARTS) is 1. The first-order valence-electron chi connectivity index (χ1n) is 6.80. The maximum absolute atomic E-state index is 10.5. The summed E-state index contributed by atoms with van der Waals surface area (Å²) in [6.07, 6.45) is 6.54. The van der Waals surface area contributed by atoms with Crippen molar-refractivity contribution < 1.29 is 9.90 Å². The summed E-state index contributed by atoms with van der Waals surface area (Å²) in [5.74, 6) is -0.915. The molecule has 1 rings (SSSR count). The predicted octanol–water partition coefficient (Wildman–Crippen LogP) is 3.41. The highest BCUT2D eigenvalue weighted by atomic mass is 16.4. The summed E-state index contributed by atoms with van der Waals surface area (Å²) in [6.45, 7) is 4.21. The van der Waals surface area contributed by atoms with Crippen molar-refractivity contribution in [2.75, 3.05) is 13.6 Å². The molecule has 1 N–H and O–H groups in total. The lowest BCUT2D eigenvalue weighted by atomic mass is 10.1. The highest BCUT2D eigenvalue weighted by Gasteiger charge is 2.00. The number of hydrogen-bond donors (Lipinski definition) is 1. The first-order valence-corrected chi connectivity index (χ1v) is 6.80. The summed E-state index contributed by atoms with van der Waals surface area (Å²) in [5.41, 5.74) is 2.15. The van der Waals surface area contributed by atoms with Crippen molar-refractivity contribution in [2.45, 2.75) is 32.7 Å². The summed E-state index contributed by atoms with van der Waals surface area (Å²) in [5, 5.41) is 8.61. The second-order valence-electron chi connectivity index (χ2n) is 4.86. The molecule has 0 fully saturated rings. The van der Waals surface area contributed by atoms with Crippen molar-refractivity contribution in [1.82, 2.24) is 4.90 Å². The van der Waals surface area contributed by atoms with Gasteiger partial charge < -0.3 is 10.0 Å². The summed E-state index contributed by atoms with van der Waals surface area (Å²) in [4.78, 5) is 12.8. The van der Waals surface area contributed by atoms with Gasteiger partial charge in [0.1, 0.15) is 0 Å². The third-order valence-electron chi connectivity index (χ3n) is 2.97. The molecule has 0 unspecified atom stereocenters. The first kappa shape index (κ1) is 15.4. The number of carboxylic acids is 1. The zero-order valence-electron chi connectivity index (χ0n) is 11.8. The molecule has 0 aromatic heterocycles. The molecule has 0 atom stereocenters. The quantitative estimate of drug-likeness (QED) is 0.576. The van der Waals surface area contributed by atoms with Crippen LogP contribution in [0.1, 0.15) is 37.3 Å². The van der Waals surface area contributed by atoms with E-state index in [-0.39, 0.29) is 0 Å². The second-order valence-corrected chi connectivity index (χ2v) is 4.86. The van der Waals surface area contributed by atoms with Gasteiger partial charge in [-0.15, -0.1) is 0 Å². The van der Waals surface area contributed by atoms with Crippen LogP contribution < -0.4 is 0 Å². The molecule has 0 saturated heterocycles. The molecule has 3 nitrogen and oxygen atoms in total. The average molecular weight is 261 g/mol. The maximum atomic E-state index is 10.5. The number of benzene rings is 1. The lowest BCUT2D eigenvalue weighted by Crippen LogP contribution is -2.19. The van der Waals surface area contributed by atoms with E-state index in [0.717, 1.165) is 18.7 Å². The molecular weight excluding hydrogens is 238 g/mol. The molecule has 0 aliphatic carbocycles. The van der Waals surface area contributed by atoms with Gasteiger partial charge in [-0.2, -0.15) is 0 Å². The fourth-order valence-electron chi connectivity index (χ4n) is 1.99. The van der Waals surface area contributed by atoms with Crippen LogP contribution in [0.5, 0.6) is 0 Å². The topological polar surface area (TPSA) is 40.5 Å². The van der Waals surface area contributed by atoms with E-state index >= 15 is 0 Å². The molecule has 0 aliphatic heterocycles. The Bertz CT molecular complexity index is 427. The number of hydrogen-bond acceptors (Lipinski definition) is 2. The Morgan fingerprint density at radius 3 is 2.84 bits per heavy atom. The van der Waals surface area contributed by atoms with Gasteiger partial charge in [0.2, 0.25) is 0 Å². The third kappa shape index (κ3) is 6.77. The molecule has 0 radical (unpaired) electrons. The second kappa shape index (κ2) is 8.48. The van der Waals surface area contributed by atoms with Gasteiger partial charge in [-0.25, -0.2) is 4.79 Å². The van der Waals surface area contributed by atoms with Crippen LogP contribution in [0.3, 0.4) is 0 Å². The zero-order chi connectivity index (χ0) is 14.1. The fraction of sp³-hybridized carbons (Fsp3) is 0.438. The molecule has 3 heteroatoms. The molecule has 19 heavy (non-hydrogen) atoms. The van der Waals surface area contributed by atoms with Crippen molar-refractivity contribution in [3.05, 3.63) is 41.5 Å². The molecule has 0 bridgehead atoms. The van der Waals surface area contributed by atoms with Crippen molar-refractivity contribution >= 4 is 12.0 Å². The van der Waals surface area contributed by atoms with Crippen LogP contribution in [0.4, 0.5) is 0 Å². The van der Waals surface area contributed by atoms with Gasteiger partial charge in [-0.05, 0) is 37.2 Å². The van der Waals surface area contributed by atoms with E-state index in [4.69, 9.17) is 5.11 Å². The van der Waals surface area contributed by atoms with Crippen molar-refractivity contribution in [1.29, 1.82) is 0 Å². The molecule has 1 aromatic rings. The number of rotatable bonds is 8. The maximum Gasteiger partial charge on any atom is 0.328 e. The molecular formula is C16H23NO2. The Labute approximate surface area is 115 Å². The Morgan fingerprint density at radius 1 is 1.37 bits per heavy atom. The lowest BCUT2D eigenvalue weighted by molar-refractivity contribution is -0.131. The van der Waals surface area contributed by atoms with E-state index in [1.54, 1.807) is 6.08 Å². The van der Waals surface area contributed by atoms with Crippen LogP contribution in [0.2, 0.25) is 0 Å². The van der Waals surface area contributed by atoms with Gasteiger partial charge >= 0.3 is 5.97 Å². The monoisotopic (exact) mass is 261 g/mol. The Morgan fingerprint density at radius 2 is 2.16 bits per heavy atom. The number of carbonyl (C=O) groups is 1. The predicted molar refractivity (Wildman–Crippen MR) is 79.0 cm³/mol. The van der Waals surface area contributed by atoms with Crippen LogP contribution in [-0.2, 0) is 11.3 Å². The SMILES string of the molecule is CCCCCN(C)Cc1cccc(C=CC(=O)O)c1. The lowest BCUT2D eigenvalue weighted by Gasteiger charge is -2.16. The van der Waals surface area contributed by atoms with Gasteiger partial charge in [0, 0.05) is 12.6 Å².